The summed E-state index contributed by atoms with van der Waals surface area (Å²) in [6.45, 7) is 5.80. The van der Waals surface area contributed by atoms with Crippen molar-refractivity contribution in [3.8, 4) is 17.2 Å². The fourth-order valence-corrected chi connectivity index (χ4v) is 3.86. The van der Waals surface area contributed by atoms with E-state index in [-0.39, 0.29) is 40.4 Å². The quantitative estimate of drug-likeness (QED) is 0.303. The number of hydrogen-bond acceptors (Lipinski definition) is 6. The summed E-state index contributed by atoms with van der Waals surface area (Å²) in [5.74, 6) is -1.26. The number of hydrogen-bond donors (Lipinski definition) is 1. The molecule has 0 saturated heterocycles. The van der Waals surface area contributed by atoms with E-state index >= 15 is 0 Å². The minimum absolute atomic E-state index is 0.00291. The molecule has 3 aromatic carbocycles. The van der Waals surface area contributed by atoms with Crippen molar-refractivity contribution in [3.05, 3.63) is 88.5 Å². The molecule has 4 rings (SSSR count). The van der Waals surface area contributed by atoms with Crippen molar-refractivity contribution >= 4 is 11.9 Å². The molecule has 0 bridgehead atoms. The SMILES string of the molecule is CC(C)(C)C[C@H](O)c1ccc2c(c1)C(=O)OCc1cccc(OC(=O)c3ccc(C(F)(F)F)cc3)c1O2. The summed E-state index contributed by atoms with van der Waals surface area (Å²) in [6.07, 6.45) is -4.87. The molecule has 0 fully saturated rings. The molecule has 1 aliphatic heterocycles. The average molecular weight is 514 g/mol. The number of ether oxygens (including phenoxy) is 3. The van der Waals surface area contributed by atoms with E-state index in [2.05, 4.69) is 0 Å². The van der Waals surface area contributed by atoms with Crippen molar-refractivity contribution < 1.29 is 42.1 Å². The zero-order chi connectivity index (χ0) is 27.0. The van der Waals surface area contributed by atoms with Crippen LogP contribution in [0, 0.1) is 5.41 Å². The number of esters is 2. The monoisotopic (exact) mass is 514 g/mol. The molecule has 0 radical (unpaired) electrons. The molecule has 1 N–H and O–H groups in total. The van der Waals surface area contributed by atoms with Crippen LogP contribution < -0.4 is 9.47 Å². The van der Waals surface area contributed by atoms with Gasteiger partial charge in [-0.2, -0.15) is 13.2 Å². The number of rotatable bonds is 4. The number of fused-ring (bicyclic) bond motifs is 2. The highest BCUT2D eigenvalue weighted by molar-refractivity contribution is 5.94. The van der Waals surface area contributed by atoms with Gasteiger partial charge in [0.25, 0.3) is 0 Å². The molecule has 1 aliphatic rings. The minimum atomic E-state index is -4.53. The van der Waals surface area contributed by atoms with E-state index in [1.54, 1.807) is 18.2 Å². The molecule has 1 atom stereocenters. The summed E-state index contributed by atoms with van der Waals surface area (Å²) < 4.78 is 55.4. The summed E-state index contributed by atoms with van der Waals surface area (Å²) in [5, 5.41) is 10.6. The Kier molecular flexibility index (Phi) is 7.01. The third kappa shape index (κ3) is 6.11. The van der Waals surface area contributed by atoms with Crippen molar-refractivity contribution in [2.75, 3.05) is 0 Å². The van der Waals surface area contributed by atoms with Gasteiger partial charge in [-0.1, -0.05) is 39.0 Å². The maximum atomic E-state index is 12.8. The van der Waals surface area contributed by atoms with Crippen LogP contribution in [0.1, 0.15) is 70.7 Å². The molecule has 37 heavy (non-hydrogen) atoms. The summed E-state index contributed by atoms with van der Waals surface area (Å²) in [4.78, 5) is 25.4. The molecular formula is C28H25F3O6. The molecule has 0 amide bonds. The number of aliphatic hydroxyl groups is 1. The fraction of sp³-hybridized carbons (Fsp3) is 0.286. The van der Waals surface area contributed by atoms with Crippen molar-refractivity contribution in [1.29, 1.82) is 0 Å². The van der Waals surface area contributed by atoms with E-state index in [0.717, 1.165) is 24.3 Å². The number of carbonyl (C=O) groups excluding carboxylic acids is 2. The number of benzene rings is 3. The Hall–Kier alpha value is -3.85. The minimum Gasteiger partial charge on any atom is -0.457 e. The Morgan fingerprint density at radius 3 is 2.41 bits per heavy atom. The smallest absolute Gasteiger partial charge is 0.416 e. The van der Waals surface area contributed by atoms with E-state index in [9.17, 15) is 27.9 Å². The zero-order valence-electron chi connectivity index (χ0n) is 20.4. The topological polar surface area (TPSA) is 82.1 Å². The van der Waals surface area contributed by atoms with Crippen molar-refractivity contribution in [2.45, 2.75) is 46.1 Å². The predicted molar refractivity (Wildman–Crippen MR) is 128 cm³/mol. The van der Waals surface area contributed by atoms with Crippen molar-refractivity contribution in [3.63, 3.8) is 0 Å². The lowest BCUT2D eigenvalue weighted by atomic mass is 9.86. The highest BCUT2D eigenvalue weighted by Crippen LogP contribution is 2.40. The molecule has 3 aromatic rings. The second-order valence-corrected chi connectivity index (χ2v) is 9.92. The first kappa shape index (κ1) is 26.2. The lowest BCUT2D eigenvalue weighted by molar-refractivity contribution is -0.137. The molecular weight excluding hydrogens is 489 g/mol. The standard InChI is InChI=1S/C28H25F3O6/c1-27(2,3)14-21(32)17-9-12-22-20(13-17)26(34)35-15-18-5-4-6-23(24(18)36-22)37-25(33)16-7-10-19(11-8-16)28(29,30)31/h4-13,21,32H,14-15H2,1-3H3/t21-/m0/s1. The summed E-state index contributed by atoms with van der Waals surface area (Å²) in [6, 6.07) is 13.0. The van der Waals surface area contributed by atoms with Crippen LogP contribution in [0.15, 0.2) is 60.7 Å². The van der Waals surface area contributed by atoms with Crippen LogP contribution in [0.25, 0.3) is 0 Å². The second-order valence-electron chi connectivity index (χ2n) is 9.92. The molecule has 0 spiro atoms. The van der Waals surface area contributed by atoms with Crippen molar-refractivity contribution in [2.24, 2.45) is 5.41 Å². The third-order valence-corrected chi connectivity index (χ3v) is 5.70. The highest BCUT2D eigenvalue weighted by atomic mass is 19.4. The Morgan fingerprint density at radius 1 is 1.05 bits per heavy atom. The second kappa shape index (κ2) is 9.89. The van der Waals surface area contributed by atoms with E-state index in [1.807, 2.05) is 20.8 Å². The first-order chi connectivity index (χ1) is 17.3. The molecule has 0 saturated carbocycles. The Labute approximate surface area is 211 Å². The number of para-hydroxylation sites is 1. The van der Waals surface area contributed by atoms with E-state index < -0.39 is 29.8 Å². The van der Waals surface area contributed by atoms with Gasteiger partial charge >= 0.3 is 18.1 Å². The average Bonchev–Trinajstić information content (AvgIpc) is 2.81. The Morgan fingerprint density at radius 2 is 1.76 bits per heavy atom. The summed E-state index contributed by atoms with van der Waals surface area (Å²) >= 11 is 0. The van der Waals surface area contributed by atoms with Crippen LogP contribution in [0.2, 0.25) is 0 Å². The number of halogens is 3. The van der Waals surface area contributed by atoms with Crippen LogP contribution in [-0.2, 0) is 17.5 Å². The van der Waals surface area contributed by atoms with Crippen LogP contribution in [0.3, 0.4) is 0 Å². The van der Waals surface area contributed by atoms with Gasteiger partial charge in [-0.25, -0.2) is 9.59 Å². The van der Waals surface area contributed by atoms with Crippen LogP contribution >= 0.6 is 0 Å². The van der Waals surface area contributed by atoms with Gasteiger partial charge in [0.05, 0.1) is 17.2 Å². The lowest BCUT2D eigenvalue weighted by Crippen LogP contribution is -2.15. The normalized spacial score (nSPS) is 14.3. The van der Waals surface area contributed by atoms with Gasteiger partial charge in [-0.15, -0.1) is 0 Å². The largest absolute Gasteiger partial charge is 0.457 e. The number of alkyl halides is 3. The van der Waals surface area contributed by atoms with E-state index in [1.165, 1.54) is 18.2 Å². The van der Waals surface area contributed by atoms with Gasteiger partial charge in [0, 0.05) is 5.56 Å². The van der Waals surface area contributed by atoms with Crippen LogP contribution in [0.5, 0.6) is 17.2 Å². The van der Waals surface area contributed by atoms with Gasteiger partial charge in [0.1, 0.15) is 17.9 Å². The lowest BCUT2D eigenvalue weighted by Gasteiger charge is -2.24. The third-order valence-electron chi connectivity index (χ3n) is 5.70. The van der Waals surface area contributed by atoms with Crippen LogP contribution in [0.4, 0.5) is 13.2 Å². The maximum Gasteiger partial charge on any atom is 0.416 e. The zero-order valence-corrected chi connectivity index (χ0v) is 20.4. The highest BCUT2D eigenvalue weighted by Gasteiger charge is 2.31. The van der Waals surface area contributed by atoms with Gasteiger partial charge in [0.15, 0.2) is 11.5 Å². The Bertz CT molecular complexity index is 1320. The van der Waals surface area contributed by atoms with Gasteiger partial charge in [0.2, 0.25) is 0 Å². The summed E-state index contributed by atoms with van der Waals surface area (Å²) in [5.41, 5.74) is -0.0696. The van der Waals surface area contributed by atoms with Crippen molar-refractivity contribution in [1.82, 2.24) is 0 Å². The number of cyclic esters (lactones) is 1. The summed E-state index contributed by atoms with van der Waals surface area (Å²) in [7, 11) is 0. The number of carbonyl (C=O) groups is 2. The van der Waals surface area contributed by atoms with Gasteiger partial charge in [-0.3, -0.25) is 0 Å². The first-order valence-corrected chi connectivity index (χ1v) is 11.5. The maximum absolute atomic E-state index is 12.8. The van der Waals surface area contributed by atoms with Gasteiger partial charge < -0.3 is 19.3 Å². The molecule has 0 aliphatic carbocycles. The van der Waals surface area contributed by atoms with E-state index in [0.29, 0.717) is 17.5 Å². The molecule has 0 unspecified atom stereocenters. The first-order valence-electron chi connectivity index (χ1n) is 11.5. The molecule has 194 valence electrons. The molecule has 6 nitrogen and oxygen atoms in total. The molecule has 0 aromatic heterocycles. The van der Waals surface area contributed by atoms with E-state index in [4.69, 9.17) is 14.2 Å². The predicted octanol–water partition coefficient (Wildman–Crippen LogP) is 6.86. The molecule has 1 heterocycles. The fourth-order valence-electron chi connectivity index (χ4n) is 3.86. The Balaban J connectivity index is 1.63. The van der Waals surface area contributed by atoms with Crippen LogP contribution in [-0.4, -0.2) is 17.0 Å². The number of aliphatic hydroxyl groups excluding tert-OH is 1. The molecule has 9 heteroatoms. The van der Waals surface area contributed by atoms with Gasteiger partial charge in [-0.05, 0) is 59.9 Å².